The highest BCUT2D eigenvalue weighted by atomic mass is 35.5. The zero-order valence-electron chi connectivity index (χ0n) is 20.9. The van der Waals surface area contributed by atoms with E-state index in [4.69, 9.17) is 25.6 Å². The molecule has 0 aliphatic carbocycles. The van der Waals surface area contributed by atoms with Crippen LogP contribution in [-0.2, 0) is 5.41 Å². The van der Waals surface area contributed by atoms with Crippen LogP contribution in [0.5, 0.6) is 17.2 Å². The molecule has 2 aromatic heterocycles. The zero-order chi connectivity index (χ0) is 26.7. The molecule has 10 nitrogen and oxygen atoms in total. The predicted molar refractivity (Wildman–Crippen MR) is 141 cm³/mol. The first-order chi connectivity index (χ1) is 17.6. The van der Waals surface area contributed by atoms with E-state index in [-0.39, 0.29) is 22.2 Å². The van der Waals surface area contributed by atoms with Crippen LogP contribution in [0.2, 0.25) is 5.02 Å². The van der Waals surface area contributed by atoms with Crippen LogP contribution in [0, 0.1) is 0 Å². The Balaban J connectivity index is 1.52. The molecule has 4 rings (SSSR count). The molecule has 0 radical (unpaired) electrons. The van der Waals surface area contributed by atoms with Crippen molar-refractivity contribution in [1.82, 2.24) is 15.5 Å². The van der Waals surface area contributed by atoms with Crippen molar-refractivity contribution >= 4 is 46.0 Å². The molecule has 11 heteroatoms. The summed E-state index contributed by atoms with van der Waals surface area (Å²) in [5, 5.41) is 12.7. The number of methoxy groups -OCH3 is 1. The highest BCUT2D eigenvalue weighted by Crippen LogP contribution is 2.35. The van der Waals surface area contributed by atoms with Crippen LogP contribution in [0.3, 0.4) is 0 Å². The first kappa shape index (κ1) is 25.8. The first-order valence-electron chi connectivity index (χ1n) is 11.3. The van der Waals surface area contributed by atoms with E-state index in [2.05, 4.69) is 26.1 Å². The van der Waals surface area contributed by atoms with Crippen molar-refractivity contribution in [3.63, 3.8) is 0 Å². The fourth-order valence-corrected chi connectivity index (χ4v) is 3.68. The number of amides is 3. The summed E-state index contributed by atoms with van der Waals surface area (Å²) in [5.74, 6) is 1.20. The lowest BCUT2D eigenvalue weighted by Gasteiger charge is -2.13. The van der Waals surface area contributed by atoms with Gasteiger partial charge in [0.15, 0.2) is 0 Å². The van der Waals surface area contributed by atoms with Gasteiger partial charge in [-0.1, -0.05) is 37.5 Å². The Morgan fingerprint density at radius 2 is 1.81 bits per heavy atom. The van der Waals surface area contributed by atoms with Gasteiger partial charge in [-0.3, -0.25) is 15.1 Å². The van der Waals surface area contributed by atoms with Crippen LogP contribution in [-0.4, -0.2) is 36.2 Å². The number of urea groups is 1. The Hall–Kier alpha value is -4.31. The quantitative estimate of drug-likeness (QED) is 0.283. The number of nitrogens with zero attached hydrogens (tertiary/aromatic N) is 2. The number of carbonyl (C=O) groups excluding carboxylic acids is 2. The van der Waals surface area contributed by atoms with Crippen LogP contribution < -0.4 is 25.4 Å². The van der Waals surface area contributed by atoms with Crippen molar-refractivity contribution in [2.24, 2.45) is 0 Å². The van der Waals surface area contributed by atoms with Gasteiger partial charge in [0, 0.05) is 42.2 Å². The molecule has 2 aromatic carbocycles. The van der Waals surface area contributed by atoms with E-state index in [1.54, 1.807) is 55.7 Å². The molecule has 0 saturated carbocycles. The number of nitrogens with one attached hydrogen (secondary N) is 3. The second-order valence-electron chi connectivity index (χ2n) is 9.11. The van der Waals surface area contributed by atoms with E-state index in [0.717, 1.165) is 0 Å². The average molecular weight is 524 g/mol. The summed E-state index contributed by atoms with van der Waals surface area (Å²) < 4.78 is 16.6. The minimum atomic E-state index is -0.539. The Kier molecular flexibility index (Phi) is 7.21. The van der Waals surface area contributed by atoms with E-state index in [1.165, 1.54) is 7.11 Å². The predicted octanol–water partition coefficient (Wildman–Crippen LogP) is 5.98. The average Bonchev–Trinajstić information content (AvgIpc) is 3.33. The van der Waals surface area contributed by atoms with E-state index in [0.29, 0.717) is 45.1 Å². The number of fused-ring (bicyclic) bond motifs is 1. The topological polar surface area (TPSA) is 128 Å². The minimum Gasteiger partial charge on any atom is -0.496 e. The summed E-state index contributed by atoms with van der Waals surface area (Å²) in [6, 6.07) is 11.0. The number of rotatable bonds is 6. The molecule has 0 fully saturated rings. The van der Waals surface area contributed by atoms with Gasteiger partial charge in [-0.25, -0.2) is 4.79 Å². The molecule has 3 N–H and O–H groups in total. The standard InChI is InChI=1S/C26H26ClN5O5/c1-26(2,3)22-13-23(37-32-22)31-25(34)30-18-7-6-14(10-17(18)27)36-20-8-9-29-19-12-21(35-5)16(11-15(19)20)24(33)28-4/h6-13H,1-5H3,(H,28,33)(H2,30,31,34). The fraction of sp³-hybridized carbons (Fsp3) is 0.231. The van der Waals surface area contributed by atoms with Gasteiger partial charge in [0.2, 0.25) is 5.88 Å². The molecule has 2 heterocycles. The number of benzene rings is 2. The number of hydrogen-bond acceptors (Lipinski definition) is 7. The van der Waals surface area contributed by atoms with Crippen molar-refractivity contribution in [1.29, 1.82) is 0 Å². The lowest BCUT2D eigenvalue weighted by Crippen LogP contribution is -2.19. The smallest absolute Gasteiger partial charge is 0.326 e. The summed E-state index contributed by atoms with van der Waals surface area (Å²) >= 11 is 6.41. The third-order valence-corrected chi connectivity index (χ3v) is 5.74. The number of halogens is 1. The van der Waals surface area contributed by atoms with Gasteiger partial charge in [0.05, 0.1) is 34.6 Å². The molecule has 37 heavy (non-hydrogen) atoms. The maximum absolute atomic E-state index is 12.4. The molecule has 4 aromatic rings. The summed E-state index contributed by atoms with van der Waals surface area (Å²) in [7, 11) is 3.03. The first-order valence-corrected chi connectivity index (χ1v) is 11.7. The van der Waals surface area contributed by atoms with Crippen LogP contribution in [0.4, 0.5) is 16.4 Å². The fourth-order valence-electron chi connectivity index (χ4n) is 3.46. The van der Waals surface area contributed by atoms with E-state index >= 15 is 0 Å². The number of aromatic nitrogens is 2. The molecule has 0 bridgehead atoms. The van der Waals surface area contributed by atoms with Gasteiger partial charge in [0.1, 0.15) is 17.2 Å². The molecule has 3 amide bonds. The molecule has 0 unspecified atom stereocenters. The summed E-state index contributed by atoms with van der Waals surface area (Å²) in [4.78, 5) is 29.1. The van der Waals surface area contributed by atoms with Crippen molar-refractivity contribution in [2.75, 3.05) is 24.8 Å². The second kappa shape index (κ2) is 10.4. The molecule has 0 spiro atoms. The van der Waals surface area contributed by atoms with Crippen LogP contribution >= 0.6 is 11.6 Å². The Labute approximate surface area is 218 Å². The van der Waals surface area contributed by atoms with Gasteiger partial charge < -0.3 is 24.6 Å². The molecular formula is C26H26ClN5O5. The Bertz CT molecular complexity index is 1480. The monoisotopic (exact) mass is 523 g/mol. The number of anilines is 2. The molecule has 0 aliphatic heterocycles. The lowest BCUT2D eigenvalue weighted by atomic mass is 9.92. The van der Waals surface area contributed by atoms with Gasteiger partial charge in [0.25, 0.3) is 5.91 Å². The second-order valence-corrected chi connectivity index (χ2v) is 9.51. The highest BCUT2D eigenvalue weighted by molar-refractivity contribution is 6.34. The zero-order valence-corrected chi connectivity index (χ0v) is 21.7. The summed E-state index contributed by atoms with van der Waals surface area (Å²) in [6.07, 6.45) is 1.59. The van der Waals surface area contributed by atoms with Crippen molar-refractivity contribution < 1.29 is 23.6 Å². The van der Waals surface area contributed by atoms with Crippen LogP contribution in [0.15, 0.2) is 53.2 Å². The highest BCUT2D eigenvalue weighted by Gasteiger charge is 2.20. The molecule has 192 valence electrons. The third-order valence-electron chi connectivity index (χ3n) is 5.43. The van der Waals surface area contributed by atoms with Crippen LogP contribution in [0.25, 0.3) is 10.9 Å². The summed E-state index contributed by atoms with van der Waals surface area (Å²) in [5.41, 5.74) is 1.81. The van der Waals surface area contributed by atoms with E-state index in [1.807, 2.05) is 20.8 Å². The van der Waals surface area contributed by atoms with Gasteiger partial charge in [-0.05, 0) is 24.3 Å². The normalized spacial score (nSPS) is 11.2. The maximum atomic E-state index is 12.4. The van der Waals surface area contributed by atoms with Crippen molar-refractivity contribution in [3.8, 4) is 17.2 Å². The third kappa shape index (κ3) is 5.75. The van der Waals surface area contributed by atoms with Crippen LogP contribution in [0.1, 0.15) is 36.8 Å². The van der Waals surface area contributed by atoms with E-state index < -0.39 is 6.03 Å². The lowest BCUT2D eigenvalue weighted by molar-refractivity contribution is 0.0960. The number of pyridine rings is 1. The van der Waals surface area contributed by atoms with Gasteiger partial charge in [-0.15, -0.1) is 0 Å². The molecule has 0 atom stereocenters. The summed E-state index contributed by atoms with van der Waals surface area (Å²) in [6.45, 7) is 5.97. The Morgan fingerprint density at radius 3 is 2.46 bits per heavy atom. The largest absolute Gasteiger partial charge is 0.496 e. The van der Waals surface area contributed by atoms with E-state index in [9.17, 15) is 9.59 Å². The Morgan fingerprint density at radius 1 is 1.03 bits per heavy atom. The molecule has 0 aliphatic rings. The van der Waals surface area contributed by atoms with Gasteiger partial charge >= 0.3 is 6.03 Å². The molecule has 0 saturated heterocycles. The van der Waals surface area contributed by atoms with Crippen molar-refractivity contribution in [2.45, 2.75) is 26.2 Å². The minimum absolute atomic E-state index is 0.213. The molecular weight excluding hydrogens is 498 g/mol. The SMILES string of the molecule is CNC(=O)c1cc2c(Oc3ccc(NC(=O)Nc4cc(C(C)(C)C)no4)c(Cl)c3)ccnc2cc1OC. The number of carbonyl (C=O) groups is 2. The number of ether oxygens (including phenoxy) is 2. The number of hydrogen-bond donors (Lipinski definition) is 3. The maximum Gasteiger partial charge on any atom is 0.326 e. The van der Waals surface area contributed by atoms with Gasteiger partial charge in [-0.2, -0.15) is 0 Å². The van der Waals surface area contributed by atoms with Crippen molar-refractivity contribution in [3.05, 3.63) is 64.9 Å².